The zero-order chi connectivity index (χ0) is 12.4. The van der Waals surface area contributed by atoms with Gasteiger partial charge in [0, 0.05) is 11.4 Å². The molecule has 0 radical (unpaired) electrons. The van der Waals surface area contributed by atoms with Crippen LogP contribution < -0.4 is 11.1 Å². The lowest BCUT2D eigenvalue weighted by atomic mass is 10.2. The fraction of sp³-hybridized carbons (Fsp3) is 0.167. The average Bonchev–Trinajstić information content (AvgIpc) is 2.70. The van der Waals surface area contributed by atoms with Gasteiger partial charge in [0.25, 0.3) is 5.91 Å². The van der Waals surface area contributed by atoms with Crippen LogP contribution in [0.25, 0.3) is 0 Å². The van der Waals surface area contributed by atoms with Crippen molar-refractivity contribution in [2.45, 2.75) is 13.8 Å². The fourth-order valence-electron chi connectivity index (χ4n) is 1.43. The molecule has 0 saturated heterocycles. The van der Waals surface area contributed by atoms with E-state index in [4.69, 9.17) is 10.3 Å². The van der Waals surface area contributed by atoms with Gasteiger partial charge < -0.3 is 15.6 Å². The summed E-state index contributed by atoms with van der Waals surface area (Å²) in [7, 11) is 0. The lowest BCUT2D eigenvalue weighted by Gasteiger charge is -2.06. The van der Waals surface area contributed by atoms with Crippen molar-refractivity contribution in [1.29, 1.82) is 0 Å². The van der Waals surface area contributed by atoms with Crippen LogP contribution >= 0.6 is 0 Å². The monoisotopic (exact) mass is 231 g/mol. The van der Waals surface area contributed by atoms with E-state index in [1.807, 2.05) is 13.0 Å². The quantitative estimate of drug-likeness (QED) is 0.776. The van der Waals surface area contributed by atoms with Crippen molar-refractivity contribution >= 4 is 17.3 Å². The Morgan fingerprint density at radius 3 is 2.76 bits per heavy atom. The number of hydrogen-bond donors (Lipinski definition) is 2. The molecule has 2 rings (SSSR count). The van der Waals surface area contributed by atoms with Crippen molar-refractivity contribution in [3.8, 4) is 0 Å². The standard InChI is InChI=1S/C12H13N3O2/c1-7-3-4-9(5-11(7)13)15-12(16)10-6-14-17-8(10)2/h3-6H,13H2,1-2H3,(H,15,16). The second kappa shape index (κ2) is 4.29. The van der Waals surface area contributed by atoms with E-state index >= 15 is 0 Å². The van der Waals surface area contributed by atoms with Crippen molar-refractivity contribution in [1.82, 2.24) is 5.16 Å². The maximum absolute atomic E-state index is 11.8. The normalized spacial score (nSPS) is 10.2. The number of nitrogen functional groups attached to an aromatic ring is 1. The van der Waals surface area contributed by atoms with Crippen LogP contribution in [-0.2, 0) is 0 Å². The highest BCUT2D eigenvalue weighted by atomic mass is 16.5. The van der Waals surface area contributed by atoms with E-state index in [9.17, 15) is 4.79 Å². The van der Waals surface area contributed by atoms with Crippen LogP contribution in [0.2, 0.25) is 0 Å². The first kappa shape index (κ1) is 11.2. The second-order valence-electron chi connectivity index (χ2n) is 3.82. The first-order valence-corrected chi connectivity index (χ1v) is 5.16. The van der Waals surface area contributed by atoms with Gasteiger partial charge in [-0.2, -0.15) is 0 Å². The Labute approximate surface area is 98.6 Å². The third kappa shape index (κ3) is 2.28. The molecule has 2 aromatic rings. The van der Waals surface area contributed by atoms with E-state index in [0.717, 1.165) is 5.56 Å². The van der Waals surface area contributed by atoms with Crippen LogP contribution in [0.4, 0.5) is 11.4 Å². The minimum atomic E-state index is -0.257. The summed E-state index contributed by atoms with van der Waals surface area (Å²) < 4.78 is 4.83. The minimum absolute atomic E-state index is 0.257. The van der Waals surface area contributed by atoms with Crippen LogP contribution in [0.3, 0.4) is 0 Å². The van der Waals surface area contributed by atoms with E-state index in [0.29, 0.717) is 22.7 Å². The summed E-state index contributed by atoms with van der Waals surface area (Å²) in [4.78, 5) is 11.8. The highest BCUT2D eigenvalue weighted by molar-refractivity contribution is 6.04. The topological polar surface area (TPSA) is 81.2 Å². The van der Waals surface area contributed by atoms with Gasteiger partial charge in [-0.1, -0.05) is 11.2 Å². The van der Waals surface area contributed by atoms with Gasteiger partial charge >= 0.3 is 0 Å². The number of amides is 1. The van der Waals surface area contributed by atoms with Gasteiger partial charge in [0.2, 0.25) is 0 Å². The Hall–Kier alpha value is -2.30. The maximum atomic E-state index is 11.8. The van der Waals surface area contributed by atoms with Crippen molar-refractivity contribution in [2.75, 3.05) is 11.1 Å². The predicted octanol–water partition coefficient (Wildman–Crippen LogP) is 2.13. The van der Waals surface area contributed by atoms with Gasteiger partial charge in [-0.25, -0.2) is 0 Å². The summed E-state index contributed by atoms with van der Waals surface area (Å²) in [5.41, 5.74) is 8.45. The van der Waals surface area contributed by atoms with E-state index < -0.39 is 0 Å². The molecule has 0 atom stereocenters. The molecular formula is C12H13N3O2. The zero-order valence-electron chi connectivity index (χ0n) is 9.65. The van der Waals surface area contributed by atoms with Crippen molar-refractivity contribution < 1.29 is 9.32 Å². The molecule has 0 aliphatic carbocycles. The lowest BCUT2D eigenvalue weighted by molar-refractivity contribution is 0.102. The molecule has 0 aliphatic rings. The number of anilines is 2. The highest BCUT2D eigenvalue weighted by Gasteiger charge is 2.12. The zero-order valence-corrected chi connectivity index (χ0v) is 9.65. The summed E-state index contributed by atoms with van der Waals surface area (Å²) in [6.45, 7) is 3.59. The lowest BCUT2D eigenvalue weighted by Crippen LogP contribution is -2.12. The average molecular weight is 231 g/mol. The van der Waals surface area contributed by atoms with Crippen LogP contribution in [-0.4, -0.2) is 11.1 Å². The molecule has 17 heavy (non-hydrogen) atoms. The third-order valence-electron chi connectivity index (χ3n) is 2.53. The van der Waals surface area contributed by atoms with Crippen molar-refractivity contribution in [2.24, 2.45) is 0 Å². The number of carbonyl (C=O) groups is 1. The van der Waals surface area contributed by atoms with Crippen molar-refractivity contribution in [3.05, 3.63) is 41.3 Å². The molecule has 1 aromatic heterocycles. The van der Waals surface area contributed by atoms with E-state index in [2.05, 4.69) is 10.5 Å². The summed E-state index contributed by atoms with van der Waals surface area (Å²) in [6.07, 6.45) is 1.39. The van der Waals surface area contributed by atoms with E-state index in [1.54, 1.807) is 19.1 Å². The summed E-state index contributed by atoms with van der Waals surface area (Å²) in [5.74, 6) is 0.231. The number of aryl methyl sites for hydroxylation is 2. The van der Waals surface area contributed by atoms with Gasteiger partial charge in [-0.3, -0.25) is 4.79 Å². The molecule has 3 N–H and O–H groups in total. The van der Waals surface area contributed by atoms with Crippen LogP contribution in [0.15, 0.2) is 28.9 Å². The maximum Gasteiger partial charge on any atom is 0.260 e. The Balaban J connectivity index is 2.19. The minimum Gasteiger partial charge on any atom is -0.398 e. The Morgan fingerprint density at radius 1 is 1.41 bits per heavy atom. The summed E-state index contributed by atoms with van der Waals surface area (Å²) >= 11 is 0. The van der Waals surface area contributed by atoms with Crippen LogP contribution in [0.1, 0.15) is 21.7 Å². The first-order valence-electron chi connectivity index (χ1n) is 5.16. The molecule has 0 spiro atoms. The predicted molar refractivity (Wildman–Crippen MR) is 64.8 cm³/mol. The third-order valence-corrected chi connectivity index (χ3v) is 2.53. The Kier molecular flexibility index (Phi) is 2.82. The van der Waals surface area contributed by atoms with Gasteiger partial charge in [-0.15, -0.1) is 0 Å². The number of nitrogens with one attached hydrogen (secondary N) is 1. The van der Waals surface area contributed by atoms with Gasteiger partial charge in [-0.05, 0) is 31.5 Å². The van der Waals surface area contributed by atoms with Gasteiger partial charge in [0.1, 0.15) is 11.3 Å². The molecule has 0 saturated carbocycles. The van der Waals surface area contributed by atoms with Crippen LogP contribution in [0.5, 0.6) is 0 Å². The molecule has 0 fully saturated rings. The molecule has 5 nitrogen and oxygen atoms in total. The molecule has 5 heteroatoms. The van der Waals surface area contributed by atoms with Gasteiger partial charge in [0.15, 0.2) is 0 Å². The van der Waals surface area contributed by atoms with E-state index in [-0.39, 0.29) is 5.91 Å². The summed E-state index contributed by atoms with van der Waals surface area (Å²) in [5, 5.41) is 6.29. The first-order chi connectivity index (χ1) is 8.08. The summed E-state index contributed by atoms with van der Waals surface area (Å²) in [6, 6.07) is 5.37. The number of hydrogen-bond acceptors (Lipinski definition) is 4. The molecule has 1 aromatic carbocycles. The SMILES string of the molecule is Cc1ccc(NC(=O)c2cnoc2C)cc1N. The number of benzene rings is 1. The molecule has 0 aliphatic heterocycles. The Bertz CT molecular complexity index is 561. The molecule has 0 unspecified atom stereocenters. The molecule has 0 bridgehead atoms. The Morgan fingerprint density at radius 2 is 2.18 bits per heavy atom. The number of aromatic nitrogens is 1. The number of rotatable bonds is 2. The molecule has 1 heterocycles. The second-order valence-corrected chi connectivity index (χ2v) is 3.82. The largest absolute Gasteiger partial charge is 0.398 e. The van der Waals surface area contributed by atoms with Crippen LogP contribution in [0, 0.1) is 13.8 Å². The number of carbonyl (C=O) groups excluding carboxylic acids is 1. The molecule has 1 amide bonds. The molecular weight excluding hydrogens is 218 g/mol. The number of nitrogens with zero attached hydrogens (tertiary/aromatic N) is 1. The smallest absolute Gasteiger partial charge is 0.260 e. The molecule has 88 valence electrons. The van der Waals surface area contributed by atoms with Crippen molar-refractivity contribution in [3.63, 3.8) is 0 Å². The fourth-order valence-corrected chi connectivity index (χ4v) is 1.43. The number of nitrogens with two attached hydrogens (primary N) is 1. The highest BCUT2D eigenvalue weighted by Crippen LogP contribution is 2.18. The van der Waals surface area contributed by atoms with E-state index in [1.165, 1.54) is 6.20 Å². The van der Waals surface area contributed by atoms with Gasteiger partial charge in [0.05, 0.1) is 6.20 Å².